The van der Waals surface area contributed by atoms with Crippen molar-refractivity contribution in [2.75, 3.05) is 5.32 Å². The van der Waals surface area contributed by atoms with Gasteiger partial charge in [0.1, 0.15) is 17.0 Å². The fraction of sp³-hybridized carbons (Fsp3) is 0.286. The van der Waals surface area contributed by atoms with Crippen molar-refractivity contribution in [1.29, 1.82) is 0 Å². The van der Waals surface area contributed by atoms with Crippen molar-refractivity contribution in [3.8, 4) is 0 Å². The number of halogens is 1. The maximum atomic E-state index is 10.4. The molecule has 0 aromatic carbocycles. The Balaban J connectivity index is 2.69. The highest BCUT2D eigenvalue weighted by atomic mass is 35.5. The highest BCUT2D eigenvalue weighted by Gasteiger charge is 2.10. The topological polar surface area (TPSA) is 75.1 Å². The molecule has 5 nitrogen and oxygen atoms in total. The van der Waals surface area contributed by atoms with E-state index >= 15 is 0 Å². The van der Waals surface area contributed by atoms with Crippen molar-refractivity contribution in [1.82, 2.24) is 9.97 Å². The summed E-state index contributed by atoms with van der Waals surface area (Å²) < 4.78 is 0. The zero-order chi connectivity index (χ0) is 9.84. The van der Waals surface area contributed by atoms with E-state index in [0.29, 0.717) is 5.82 Å². The third-order valence-corrected chi connectivity index (χ3v) is 1.52. The lowest BCUT2D eigenvalue weighted by Crippen LogP contribution is -2.25. The molecule has 0 saturated heterocycles. The van der Waals surface area contributed by atoms with Gasteiger partial charge in [-0.2, -0.15) is 0 Å². The van der Waals surface area contributed by atoms with Gasteiger partial charge >= 0.3 is 5.97 Å². The largest absolute Gasteiger partial charge is 0.480 e. The first-order valence-corrected chi connectivity index (χ1v) is 3.94. The molecule has 0 radical (unpaired) electrons. The number of carboxylic acids is 1. The molecule has 1 rings (SSSR count). The molecule has 0 spiro atoms. The van der Waals surface area contributed by atoms with Crippen LogP contribution >= 0.6 is 11.6 Å². The molecular formula is C7H8ClN3O2. The Labute approximate surface area is 79.8 Å². The predicted octanol–water partition coefficient (Wildman–Crippen LogP) is 1.01. The van der Waals surface area contributed by atoms with E-state index in [4.69, 9.17) is 16.7 Å². The number of hydrogen-bond acceptors (Lipinski definition) is 4. The molecule has 1 heterocycles. The molecule has 1 aromatic heterocycles. The minimum Gasteiger partial charge on any atom is -0.480 e. The van der Waals surface area contributed by atoms with Crippen molar-refractivity contribution >= 4 is 23.4 Å². The van der Waals surface area contributed by atoms with Gasteiger partial charge in [-0.3, -0.25) is 9.78 Å². The zero-order valence-corrected chi connectivity index (χ0v) is 7.62. The van der Waals surface area contributed by atoms with Gasteiger partial charge in [-0.05, 0) is 6.92 Å². The average molecular weight is 202 g/mol. The summed E-state index contributed by atoms with van der Waals surface area (Å²) in [5.74, 6) is -0.607. The second-order valence-electron chi connectivity index (χ2n) is 2.43. The zero-order valence-electron chi connectivity index (χ0n) is 6.86. The molecule has 6 heteroatoms. The van der Waals surface area contributed by atoms with E-state index in [9.17, 15) is 4.79 Å². The van der Waals surface area contributed by atoms with Gasteiger partial charge in [-0.15, -0.1) is 0 Å². The number of aromatic nitrogens is 2. The summed E-state index contributed by atoms with van der Waals surface area (Å²) in [5, 5.41) is 11.4. The van der Waals surface area contributed by atoms with Crippen LogP contribution in [-0.4, -0.2) is 27.1 Å². The fourth-order valence-corrected chi connectivity index (χ4v) is 0.843. The van der Waals surface area contributed by atoms with E-state index in [-0.39, 0.29) is 5.15 Å². The van der Waals surface area contributed by atoms with Crippen LogP contribution < -0.4 is 5.32 Å². The Morgan fingerprint density at radius 3 is 2.92 bits per heavy atom. The minimum absolute atomic E-state index is 0.225. The predicted molar refractivity (Wildman–Crippen MR) is 47.8 cm³/mol. The normalized spacial score (nSPS) is 12.2. The number of nitrogens with one attached hydrogen (secondary N) is 1. The number of rotatable bonds is 3. The van der Waals surface area contributed by atoms with Crippen molar-refractivity contribution in [3.05, 3.63) is 17.5 Å². The summed E-state index contributed by atoms with van der Waals surface area (Å²) in [6.07, 6.45) is 2.78. The van der Waals surface area contributed by atoms with Gasteiger partial charge in [-0.25, -0.2) is 4.98 Å². The van der Waals surface area contributed by atoms with Crippen LogP contribution in [0.2, 0.25) is 5.15 Å². The Hall–Kier alpha value is -1.36. The summed E-state index contributed by atoms with van der Waals surface area (Å²) >= 11 is 5.55. The molecule has 0 aliphatic rings. The molecule has 2 N–H and O–H groups in total. The van der Waals surface area contributed by atoms with Crippen molar-refractivity contribution in [2.45, 2.75) is 13.0 Å². The second-order valence-corrected chi connectivity index (χ2v) is 2.82. The Morgan fingerprint density at radius 2 is 2.38 bits per heavy atom. The molecule has 0 aliphatic carbocycles. The molecule has 13 heavy (non-hydrogen) atoms. The molecule has 0 saturated carbocycles. The fourth-order valence-electron chi connectivity index (χ4n) is 0.695. The first kappa shape index (κ1) is 9.73. The van der Waals surface area contributed by atoms with Crippen LogP contribution in [0, 0.1) is 0 Å². The first-order valence-electron chi connectivity index (χ1n) is 3.56. The van der Waals surface area contributed by atoms with Crippen molar-refractivity contribution < 1.29 is 9.90 Å². The molecule has 0 amide bonds. The van der Waals surface area contributed by atoms with Crippen LogP contribution in [-0.2, 0) is 4.79 Å². The van der Waals surface area contributed by atoms with Crippen LogP contribution in [0.4, 0.5) is 5.82 Å². The maximum absolute atomic E-state index is 10.4. The van der Waals surface area contributed by atoms with Gasteiger partial charge in [0.25, 0.3) is 0 Å². The number of aliphatic carboxylic acids is 1. The van der Waals surface area contributed by atoms with E-state index in [0.717, 1.165) is 0 Å². The summed E-state index contributed by atoms with van der Waals surface area (Å²) in [4.78, 5) is 18.0. The highest BCUT2D eigenvalue weighted by Crippen LogP contribution is 2.07. The number of nitrogens with zero attached hydrogens (tertiary/aromatic N) is 2. The van der Waals surface area contributed by atoms with E-state index in [1.54, 1.807) is 0 Å². The maximum Gasteiger partial charge on any atom is 0.325 e. The lowest BCUT2D eigenvalue weighted by atomic mass is 10.3. The van der Waals surface area contributed by atoms with E-state index in [1.165, 1.54) is 19.3 Å². The van der Waals surface area contributed by atoms with Crippen molar-refractivity contribution in [2.24, 2.45) is 0 Å². The van der Waals surface area contributed by atoms with Gasteiger partial charge in [0.05, 0.1) is 12.4 Å². The average Bonchev–Trinajstić information content (AvgIpc) is 2.04. The number of anilines is 1. The third-order valence-electron chi connectivity index (χ3n) is 1.34. The minimum atomic E-state index is -0.957. The Morgan fingerprint density at radius 1 is 1.69 bits per heavy atom. The van der Waals surface area contributed by atoms with Gasteiger partial charge < -0.3 is 10.4 Å². The molecule has 0 bridgehead atoms. The molecule has 1 atom stereocenters. The van der Waals surface area contributed by atoms with E-state index < -0.39 is 12.0 Å². The third kappa shape index (κ3) is 2.87. The van der Waals surface area contributed by atoms with Gasteiger partial charge in [0, 0.05) is 0 Å². The molecule has 0 fully saturated rings. The Kier molecular flexibility index (Phi) is 3.02. The van der Waals surface area contributed by atoms with Gasteiger partial charge in [0.15, 0.2) is 0 Å². The van der Waals surface area contributed by atoms with Gasteiger partial charge in [0.2, 0.25) is 0 Å². The van der Waals surface area contributed by atoms with Crippen LogP contribution in [0.3, 0.4) is 0 Å². The van der Waals surface area contributed by atoms with Crippen LogP contribution in [0.25, 0.3) is 0 Å². The molecule has 0 aliphatic heterocycles. The molecule has 1 aromatic rings. The lowest BCUT2D eigenvalue weighted by molar-refractivity contribution is -0.137. The van der Waals surface area contributed by atoms with Crippen LogP contribution in [0.1, 0.15) is 6.92 Å². The van der Waals surface area contributed by atoms with Gasteiger partial charge in [-0.1, -0.05) is 11.6 Å². The second kappa shape index (κ2) is 4.04. The molecular weight excluding hydrogens is 194 g/mol. The van der Waals surface area contributed by atoms with Crippen molar-refractivity contribution in [3.63, 3.8) is 0 Å². The smallest absolute Gasteiger partial charge is 0.325 e. The standard InChI is InChI=1S/C7H8ClN3O2/c1-4(7(12)13)10-6-3-9-2-5(8)11-6/h2-4H,1H3,(H,10,11)(H,12,13). The van der Waals surface area contributed by atoms with Crippen LogP contribution in [0.15, 0.2) is 12.4 Å². The van der Waals surface area contributed by atoms with E-state index in [1.807, 2.05) is 0 Å². The van der Waals surface area contributed by atoms with Crippen LogP contribution in [0.5, 0.6) is 0 Å². The molecule has 70 valence electrons. The first-order chi connectivity index (χ1) is 6.09. The summed E-state index contributed by atoms with van der Waals surface area (Å²) in [6.45, 7) is 1.50. The summed E-state index contributed by atoms with van der Waals surface area (Å²) in [5.41, 5.74) is 0. The summed E-state index contributed by atoms with van der Waals surface area (Å²) in [7, 11) is 0. The van der Waals surface area contributed by atoms with E-state index in [2.05, 4.69) is 15.3 Å². The summed E-state index contributed by atoms with van der Waals surface area (Å²) in [6, 6.07) is -0.715. The lowest BCUT2D eigenvalue weighted by Gasteiger charge is -2.08. The monoisotopic (exact) mass is 201 g/mol. The highest BCUT2D eigenvalue weighted by molar-refractivity contribution is 6.29. The number of carbonyl (C=O) groups is 1. The quantitative estimate of drug-likeness (QED) is 0.764. The number of hydrogen-bond donors (Lipinski definition) is 2. The molecule has 1 unspecified atom stereocenters. The Bertz CT molecular complexity index is 318. The SMILES string of the molecule is CC(Nc1cncc(Cl)n1)C(=O)O. The number of carboxylic acid groups (broad SMARTS) is 1.